The molecule has 0 saturated heterocycles. The van der Waals surface area contributed by atoms with Gasteiger partial charge in [-0.1, -0.05) is 35.9 Å². The minimum Gasteiger partial charge on any atom is -0.455 e. The van der Waals surface area contributed by atoms with Crippen molar-refractivity contribution in [2.75, 3.05) is 4.90 Å². The van der Waals surface area contributed by atoms with Crippen LogP contribution >= 0.6 is 11.6 Å². The molecule has 4 rings (SSSR count). The van der Waals surface area contributed by atoms with Crippen LogP contribution in [0.2, 0.25) is 5.02 Å². The normalized spacial score (nSPS) is 12.4. The molecule has 7 nitrogen and oxygen atoms in total. The van der Waals surface area contributed by atoms with E-state index in [0.717, 1.165) is 11.1 Å². The van der Waals surface area contributed by atoms with Gasteiger partial charge < -0.3 is 4.74 Å². The number of hydrazine groups is 1. The number of rotatable bonds is 2. The lowest BCUT2D eigenvalue weighted by atomic mass is 10.2. The molecule has 2 heterocycles. The fraction of sp³-hybridized carbons (Fsp3) is 0.0455. The maximum Gasteiger partial charge on any atom is 0.341 e. The second-order valence-corrected chi connectivity index (χ2v) is 6.88. The van der Waals surface area contributed by atoms with Gasteiger partial charge in [-0.05, 0) is 42.0 Å². The lowest BCUT2D eigenvalue weighted by molar-refractivity contribution is -0.117. The number of carbonyl (C=O) groups is 2. The van der Waals surface area contributed by atoms with Gasteiger partial charge in [0.2, 0.25) is 0 Å². The molecule has 150 valence electrons. The highest BCUT2D eigenvalue weighted by Gasteiger charge is 2.25. The molecule has 0 unspecified atom stereocenters. The number of anilines is 1. The number of halogens is 1. The summed E-state index contributed by atoms with van der Waals surface area (Å²) in [6.45, 7) is 0.247. The van der Waals surface area contributed by atoms with E-state index in [1.54, 1.807) is 42.7 Å². The Balaban J connectivity index is 1.50. The summed E-state index contributed by atoms with van der Waals surface area (Å²) in [7, 11) is 0. The Hall–Kier alpha value is -3.84. The van der Waals surface area contributed by atoms with Crippen molar-refractivity contribution in [2.45, 2.75) is 6.54 Å². The van der Waals surface area contributed by atoms with Gasteiger partial charge in [-0.2, -0.15) is 0 Å². The number of hydrogen-bond acceptors (Lipinski definition) is 4. The monoisotopic (exact) mass is 420 g/mol. The van der Waals surface area contributed by atoms with Crippen LogP contribution in [0, 0.1) is 0 Å². The van der Waals surface area contributed by atoms with E-state index in [2.05, 4.69) is 15.8 Å². The number of ether oxygens (including phenoxy) is 1. The average molecular weight is 421 g/mol. The van der Waals surface area contributed by atoms with Crippen molar-refractivity contribution in [3.8, 4) is 11.5 Å². The molecular weight excluding hydrogens is 404 g/mol. The van der Waals surface area contributed by atoms with Crippen LogP contribution in [0.5, 0.6) is 11.5 Å². The first-order valence-corrected chi connectivity index (χ1v) is 9.49. The van der Waals surface area contributed by atoms with Crippen molar-refractivity contribution in [3.05, 3.63) is 89.2 Å². The average Bonchev–Trinajstić information content (AvgIpc) is 2.93. The van der Waals surface area contributed by atoms with E-state index >= 15 is 0 Å². The van der Waals surface area contributed by atoms with Gasteiger partial charge in [0.05, 0.1) is 12.2 Å². The standard InChI is InChI=1S/C22H17ClN4O3/c23-17-8-9-20-18(12-17)27(14-16-5-1-2-6-19(16)30-20)22(29)26-25-21(28)10-7-15-4-3-11-24-13-15/h1-13H,14H2,(H,25,28)(H,26,29)/b10-7+. The Morgan fingerprint density at radius 1 is 1.07 bits per heavy atom. The maximum atomic E-state index is 12.9. The van der Waals surface area contributed by atoms with E-state index in [0.29, 0.717) is 22.2 Å². The van der Waals surface area contributed by atoms with Gasteiger partial charge in [0.25, 0.3) is 5.91 Å². The molecule has 0 atom stereocenters. The highest BCUT2D eigenvalue weighted by molar-refractivity contribution is 6.31. The minimum atomic E-state index is -0.526. The first kappa shape index (κ1) is 19.5. The molecule has 1 aliphatic heterocycles. The SMILES string of the molecule is O=C(/C=C/c1cccnc1)NNC(=O)N1Cc2ccccc2Oc2ccc(Cl)cc21. The molecule has 0 fully saturated rings. The summed E-state index contributed by atoms with van der Waals surface area (Å²) in [5, 5.41) is 0.463. The molecule has 3 aromatic rings. The van der Waals surface area contributed by atoms with E-state index in [1.165, 1.54) is 11.0 Å². The van der Waals surface area contributed by atoms with Gasteiger partial charge in [0, 0.05) is 29.1 Å². The molecule has 2 N–H and O–H groups in total. The van der Waals surface area contributed by atoms with Gasteiger partial charge in [-0.3, -0.25) is 20.1 Å². The van der Waals surface area contributed by atoms with Gasteiger partial charge >= 0.3 is 6.03 Å². The van der Waals surface area contributed by atoms with E-state index in [9.17, 15) is 9.59 Å². The zero-order chi connectivity index (χ0) is 20.9. The third-order valence-corrected chi connectivity index (χ3v) is 4.62. The van der Waals surface area contributed by atoms with Crippen LogP contribution in [0.4, 0.5) is 10.5 Å². The molecule has 0 aliphatic carbocycles. The Labute approximate surface area is 177 Å². The number of nitrogens with zero attached hydrogens (tertiary/aromatic N) is 2. The quantitative estimate of drug-likeness (QED) is 0.478. The fourth-order valence-corrected chi connectivity index (χ4v) is 3.11. The molecule has 0 spiro atoms. The Kier molecular flexibility index (Phi) is 5.63. The number of aromatic nitrogens is 1. The summed E-state index contributed by atoms with van der Waals surface area (Å²) in [5.41, 5.74) is 6.89. The smallest absolute Gasteiger partial charge is 0.341 e. The topological polar surface area (TPSA) is 83.6 Å². The zero-order valence-electron chi connectivity index (χ0n) is 15.7. The van der Waals surface area contributed by atoms with Gasteiger partial charge in [0.1, 0.15) is 5.75 Å². The number of carbonyl (C=O) groups excluding carboxylic acids is 2. The number of amides is 3. The summed E-state index contributed by atoms with van der Waals surface area (Å²) in [6, 6.07) is 15.5. The van der Waals surface area contributed by atoms with Crippen LogP contribution in [0.1, 0.15) is 11.1 Å². The Morgan fingerprint density at radius 3 is 2.77 bits per heavy atom. The predicted molar refractivity (Wildman–Crippen MR) is 114 cm³/mol. The molecule has 0 saturated carbocycles. The number of para-hydroxylation sites is 1. The van der Waals surface area contributed by atoms with E-state index < -0.39 is 11.9 Å². The van der Waals surface area contributed by atoms with Gasteiger partial charge in [0.15, 0.2) is 5.75 Å². The highest BCUT2D eigenvalue weighted by atomic mass is 35.5. The van der Waals surface area contributed by atoms with Crippen LogP contribution in [-0.2, 0) is 11.3 Å². The van der Waals surface area contributed by atoms with Crippen LogP contribution in [0.25, 0.3) is 6.08 Å². The van der Waals surface area contributed by atoms with E-state index in [1.807, 2.05) is 30.3 Å². The molecule has 0 radical (unpaired) electrons. The highest BCUT2D eigenvalue weighted by Crippen LogP contribution is 2.40. The van der Waals surface area contributed by atoms with Crippen LogP contribution in [0.15, 0.2) is 73.1 Å². The van der Waals surface area contributed by atoms with Gasteiger partial charge in [-0.15, -0.1) is 0 Å². The largest absolute Gasteiger partial charge is 0.455 e. The first-order chi connectivity index (χ1) is 14.6. The van der Waals surface area contributed by atoms with Crippen molar-refractivity contribution in [1.29, 1.82) is 0 Å². The first-order valence-electron chi connectivity index (χ1n) is 9.11. The van der Waals surface area contributed by atoms with Crippen molar-refractivity contribution >= 4 is 35.3 Å². The zero-order valence-corrected chi connectivity index (χ0v) is 16.5. The second-order valence-electron chi connectivity index (χ2n) is 6.45. The van der Waals surface area contributed by atoms with Crippen LogP contribution in [0.3, 0.4) is 0 Å². The maximum absolute atomic E-state index is 12.9. The molecule has 1 aliphatic rings. The van der Waals surface area contributed by atoms with Crippen molar-refractivity contribution < 1.29 is 14.3 Å². The third-order valence-electron chi connectivity index (χ3n) is 4.38. The van der Waals surface area contributed by atoms with Crippen LogP contribution in [-0.4, -0.2) is 16.9 Å². The van der Waals surface area contributed by atoms with Crippen molar-refractivity contribution in [2.24, 2.45) is 0 Å². The third kappa shape index (κ3) is 4.42. The second kappa shape index (κ2) is 8.67. The number of hydrogen-bond donors (Lipinski definition) is 2. The summed E-state index contributed by atoms with van der Waals surface area (Å²) in [4.78, 5) is 30.4. The summed E-state index contributed by atoms with van der Waals surface area (Å²) >= 11 is 6.14. The molecule has 1 aromatic heterocycles. The Morgan fingerprint density at radius 2 is 1.93 bits per heavy atom. The minimum absolute atomic E-state index is 0.247. The number of urea groups is 1. The van der Waals surface area contributed by atoms with Crippen molar-refractivity contribution in [1.82, 2.24) is 15.8 Å². The number of nitrogens with one attached hydrogen (secondary N) is 2. The molecule has 30 heavy (non-hydrogen) atoms. The molecular formula is C22H17ClN4O3. The predicted octanol–water partition coefficient (Wildman–Crippen LogP) is 4.30. The fourth-order valence-electron chi connectivity index (χ4n) is 2.95. The summed E-state index contributed by atoms with van der Waals surface area (Å²) in [6.07, 6.45) is 6.17. The number of benzene rings is 2. The summed E-state index contributed by atoms with van der Waals surface area (Å²) < 4.78 is 5.97. The van der Waals surface area contributed by atoms with Crippen molar-refractivity contribution in [3.63, 3.8) is 0 Å². The number of pyridine rings is 1. The molecule has 8 heteroatoms. The van der Waals surface area contributed by atoms with Gasteiger partial charge in [-0.25, -0.2) is 10.2 Å². The van der Waals surface area contributed by atoms with E-state index in [-0.39, 0.29) is 6.54 Å². The molecule has 2 aromatic carbocycles. The lowest BCUT2D eigenvalue weighted by Crippen LogP contribution is -2.48. The number of fused-ring (bicyclic) bond motifs is 2. The van der Waals surface area contributed by atoms with E-state index in [4.69, 9.17) is 16.3 Å². The lowest BCUT2D eigenvalue weighted by Gasteiger charge is -2.22. The molecule has 0 bridgehead atoms. The summed E-state index contributed by atoms with van der Waals surface area (Å²) in [5.74, 6) is 0.659. The van der Waals surface area contributed by atoms with Crippen LogP contribution < -0.4 is 20.5 Å². The molecule has 3 amide bonds. The Bertz CT molecular complexity index is 1120.